The fraction of sp³-hybridized carbons (Fsp3) is 0.378. The predicted octanol–water partition coefficient (Wildman–Crippen LogP) is 9.41. The molecule has 4 aromatic rings. The Bertz CT molecular complexity index is 1530. The minimum atomic E-state index is -0.129. The summed E-state index contributed by atoms with van der Waals surface area (Å²) in [6.07, 6.45) is 10.4. The zero-order valence-corrected chi connectivity index (χ0v) is 25.6. The second kappa shape index (κ2) is 12.9. The van der Waals surface area contributed by atoms with Gasteiger partial charge in [0, 0.05) is 35.2 Å². The smallest absolute Gasteiger partial charge is 0.116 e. The summed E-state index contributed by atoms with van der Waals surface area (Å²) in [5.74, 6) is 0.626. The molecular formula is C37H47N3O. The Morgan fingerprint density at radius 3 is 2.54 bits per heavy atom. The van der Waals surface area contributed by atoms with Crippen molar-refractivity contribution < 1.29 is 5.11 Å². The molecule has 3 N–H and O–H groups in total. The standard InChI is InChI=1S/C37H47N3O/c1-8-12-17-37(6,7)24-32-31-23-27(28-20-26(19-25(5)9-2)21-29(41)22-28)15-16-34(31)40(11-4)36(32)30-14-13-18-39-35(30)33(38)10-3/h8-9,13-16,18,20-23,25,33,41H,1-2,10-12,17,19,24,38H2,3-7H3. The van der Waals surface area contributed by atoms with Crippen molar-refractivity contribution in [2.45, 2.75) is 79.3 Å². The lowest BCUT2D eigenvalue weighted by molar-refractivity contribution is 0.337. The Morgan fingerprint density at radius 1 is 1.07 bits per heavy atom. The van der Waals surface area contributed by atoms with E-state index in [2.05, 4.69) is 82.7 Å². The van der Waals surface area contributed by atoms with Gasteiger partial charge >= 0.3 is 0 Å². The van der Waals surface area contributed by atoms with Gasteiger partial charge in [0.05, 0.1) is 11.4 Å². The van der Waals surface area contributed by atoms with Crippen LogP contribution in [0, 0.1) is 11.3 Å². The third kappa shape index (κ3) is 6.65. The van der Waals surface area contributed by atoms with Gasteiger partial charge in [-0.05, 0) is 109 Å². The summed E-state index contributed by atoms with van der Waals surface area (Å²) < 4.78 is 2.43. The number of hydrogen-bond acceptors (Lipinski definition) is 3. The Kier molecular flexibility index (Phi) is 9.55. The van der Waals surface area contributed by atoms with Crippen LogP contribution < -0.4 is 5.73 Å². The van der Waals surface area contributed by atoms with Crippen molar-refractivity contribution >= 4 is 10.9 Å². The van der Waals surface area contributed by atoms with Gasteiger partial charge in [0.25, 0.3) is 0 Å². The molecule has 2 aromatic carbocycles. The highest BCUT2D eigenvalue weighted by atomic mass is 16.3. The number of phenols is 1. The molecule has 0 spiro atoms. The van der Waals surface area contributed by atoms with Crippen molar-refractivity contribution in [3.05, 3.63) is 96.9 Å². The molecule has 2 unspecified atom stereocenters. The van der Waals surface area contributed by atoms with Crippen molar-refractivity contribution in [1.29, 1.82) is 0 Å². The molecule has 0 saturated heterocycles. The van der Waals surface area contributed by atoms with Crippen LogP contribution in [0.5, 0.6) is 5.75 Å². The number of nitrogens with two attached hydrogens (primary N) is 1. The molecule has 0 saturated carbocycles. The zero-order valence-electron chi connectivity index (χ0n) is 25.6. The number of nitrogens with zero attached hydrogens (tertiary/aromatic N) is 2. The Labute approximate surface area is 246 Å². The molecule has 0 aliphatic heterocycles. The van der Waals surface area contributed by atoms with E-state index in [9.17, 15) is 5.11 Å². The van der Waals surface area contributed by atoms with Crippen LogP contribution in [-0.4, -0.2) is 14.7 Å². The van der Waals surface area contributed by atoms with Crippen LogP contribution in [-0.2, 0) is 19.4 Å². The van der Waals surface area contributed by atoms with Crippen molar-refractivity contribution in [1.82, 2.24) is 9.55 Å². The third-order valence-corrected chi connectivity index (χ3v) is 8.32. The van der Waals surface area contributed by atoms with Crippen LogP contribution in [0.4, 0.5) is 0 Å². The molecule has 4 rings (SSSR count). The predicted molar refractivity (Wildman–Crippen MR) is 175 cm³/mol. The maximum absolute atomic E-state index is 10.6. The van der Waals surface area contributed by atoms with Gasteiger partial charge in [-0.1, -0.05) is 52.0 Å². The summed E-state index contributed by atoms with van der Waals surface area (Å²) in [7, 11) is 0. The number of phenolic OH excluding ortho intramolecular Hbond substituents is 1. The summed E-state index contributed by atoms with van der Waals surface area (Å²) in [5, 5.41) is 11.9. The number of rotatable bonds is 13. The average molecular weight is 550 g/mol. The van der Waals surface area contributed by atoms with Gasteiger partial charge in [0.15, 0.2) is 0 Å². The Morgan fingerprint density at radius 2 is 1.85 bits per heavy atom. The number of pyridine rings is 1. The molecule has 0 radical (unpaired) electrons. The number of hydrogen-bond donors (Lipinski definition) is 2. The number of benzene rings is 2. The highest BCUT2D eigenvalue weighted by molar-refractivity contribution is 5.95. The van der Waals surface area contributed by atoms with Crippen molar-refractivity contribution in [3.63, 3.8) is 0 Å². The van der Waals surface area contributed by atoms with E-state index in [1.807, 2.05) is 36.5 Å². The molecule has 0 amide bonds. The molecule has 4 heteroatoms. The van der Waals surface area contributed by atoms with Crippen molar-refractivity contribution in [3.8, 4) is 28.1 Å². The summed E-state index contributed by atoms with van der Waals surface area (Å²) >= 11 is 0. The third-order valence-electron chi connectivity index (χ3n) is 8.32. The largest absolute Gasteiger partial charge is 0.508 e. The van der Waals surface area contributed by atoms with Crippen LogP contribution in [0.1, 0.15) is 76.7 Å². The molecule has 41 heavy (non-hydrogen) atoms. The molecular weight excluding hydrogens is 502 g/mol. The Hall–Kier alpha value is -3.63. The van der Waals surface area contributed by atoms with Crippen molar-refractivity contribution in [2.24, 2.45) is 17.1 Å². The normalized spacial score (nSPS) is 13.3. The highest BCUT2D eigenvalue weighted by Gasteiger charge is 2.27. The number of aromatic nitrogens is 2. The maximum Gasteiger partial charge on any atom is 0.116 e. The van der Waals surface area contributed by atoms with Gasteiger partial charge in [0.1, 0.15) is 5.75 Å². The summed E-state index contributed by atoms with van der Waals surface area (Å²) in [4.78, 5) is 4.79. The van der Waals surface area contributed by atoms with E-state index in [4.69, 9.17) is 10.7 Å². The molecule has 0 fully saturated rings. The number of aryl methyl sites for hydroxylation is 1. The van der Waals surface area contributed by atoms with Gasteiger partial charge in [-0.2, -0.15) is 0 Å². The lowest BCUT2D eigenvalue weighted by Crippen LogP contribution is -2.17. The van der Waals surface area contributed by atoms with E-state index in [1.54, 1.807) is 0 Å². The van der Waals surface area contributed by atoms with Gasteiger partial charge < -0.3 is 15.4 Å². The first-order valence-electron chi connectivity index (χ1n) is 15.0. The second-order valence-corrected chi connectivity index (χ2v) is 12.2. The lowest BCUT2D eigenvalue weighted by Gasteiger charge is -2.25. The quantitative estimate of drug-likeness (QED) is 0.163. The number of aromatic hydroxyl groups is 1. The van der Waals surface area contributed by atoms with Crippen LogP contribution in [0.3, 0.4) is 0 Å². The van der Waals surface area contributed by atoms with Crippen LogP contribution in [0.25, 0.3) is 33.3 Å². The first-order valence-corrected chi connectivity index (χ1v) is 15.0. The van der Waals surface area contributed by atoms with E-state index >= 15 is 0 Å². The van der Waals surface area contributed by atoms with Gasteiger partial charge in [-0.25, -0.2) is 0 Å². The van der Waals surface area contributed by atoms with E-state index < -0.39 is 0 Å². The summed E-state index contributed by atoms with van der Waals surface area (Å²) in [6, 6.07) is 16.7. The molecule has 0 bridgehead atoms. The molecule has 2 aromatic heterocycles. The number of fused-ring (bicyclic) bond motifs is 1. The molecule has 0 aliphatic carbocycles. The first-order chi connectivity index (χ1) is 19.6. The molecule has 0 aliphatic rings. The topological polar surface area (TPSA) is 64.1 Å². The first kappa shape index (κ1) is 30.3. The SMILES string of the molecule is C=CCCC(C)(C)Cc1c(-c2cccnc2C(N)CC)n(CC)c2ccc(-c3cc(O)cc(CC(C)C=C)c3)cc12. The van der Waals surface area contributed by atoms with Gasteiger partial charge in [0.2, 0.25) is 0 Å². The Balaban J connectivity index is 1.99. The number of allylic oxidation sites excluding steroid dienone is 2. The van der Waals surface area contributed by atoms with Crippen LogP contribution >= 0.6 is 0 Å². The zero-order chi connectivity index (χ0) is 29.7. The van der Waals surface area contributed by atoms with Gasteiger partial charge in [-0.3, -0.25) is 4.98 Å². The fourth-order valence-corrected chi connectivity index (χ4v) is 6.00. The summed E-state index contributed by atoms with van der Waals surface area (Å²) in [5.41, 5.74) is 15.8. The maximum atomic E-state index is 10.6. The van der Waals surface area contributed by atoms with Gasteiger partial charge in [-0.15, -0.1) is 13.2 Å². The minimum Gasteiger partial charge on any atom is -0.508 e. The molecule has 216 valence electrons. The van der Waals surface area contributed by atoms with E-state index in [0.29, 0.717) is 11.7 Å². The highest BCUT2D eigenvalue weighted by Crippen LogP contribution is 2.42. The van der Waals surface area contributed by atoms with E-state index in [-0.39, 0.29) is 11.5 Å². The molecule has 4 nitrogen and oxygen atoms in total. The summed E-state index contributed by atoms with van der Waals surface area (Å²) in [6.45, 7) is 19.9. The van der Waals surface area contributed by atoms with E-state index in [0.717, 1.165) is 66.6 Å². The lowest BCUT2D eigenvalue weighted by atomic mass is 9.80. The molecule has 2 atom stereocenters. The molecule has 2 heterocycles. The van der Waals surface area contributed by atoms with Crippen LogP contribution in [0.2, 0.25) is 0 Å². The van der Waals surface area contributed by atoms with E-state index in [1.165, 1.54) is 22.2 Å². The minimum absolute atomic E-state index is 0.0695. The monoisotopic (exact) mass is 549 g/mol. The van der Waals surface area contributed by atoms with Crippen LogP contribution in [0.15, 0.2) is 80.0 Å². The fourth-order valence-electron chi connectivity index (χ4n) is 6.00. The van der Waals surface area contributed by atoms with Crippen molar-refractivity contribution in [2.75, 3.05) is 0 Å². The average Bonchev–Trinajstić information content (AvgIpc) is 3.26. The second-order valence-electron chi connectivity index (χ2n) is 12.2.